The molecule has 0 radical (unpaired) electrons. The minimum Gasteiger partial charge on any atom is -0.378 e. The van der Waals surface area contributed by atoms with E-state index in [1.807, 2.05) is 23.1 Å². The molecule has 21 heavy (non-hydrogen) atoms. The van der Waals surface area contributed by atoms with Crippen LogP contribution in [-0.2, 0) is 4.74 Å². The molecule has 1 aliphatic heterocycles. The summed E-state index contributed by atoms with van der Waals surface area (Å²) in [5, 5.41) is 7.95. The Kier molecular flexibility index (Phi) is 4.68. The Morgan fingerprint density at radius 3 is 3.05 bits per heavy atom. The van der Waals surface area contributed by atoms with E-state index in [0.29, 0.717) is 12.1 Å². The minimum absolute atomic E-state index is 0.298. The molecule has 3 rings (SSSR count). The maximum atomic E-state index is 5.67. The van der Waals surface area contributed by atoms with Gasteiger partial charge in [0.1, 0.15) is 0 Å². The summed E-state index contributed by atoms with van der Waals surface area (Å²) in [6.07, 6.45) is 7.76. The number of hydrogen-bond acceptors (Lipinski definition) is 3. The maximum absolute atomic E-state index is 5.67. The monoisotopic (exact) mass is 285 g/mol. The van der Waals surface area contributed by atoms with Crippen LogP contribution in [0.3, 0.4) is 0 Å². The van der Waals surface area contributed by atoms with Crippen molar-refractivity contribution in [3.8, 4) is 5.69 Å². The van der Waals surface area contributed by atoms with Gasteiger partial charge in [-0.2, -0.15) is 5.10 Å². The first-order valence-corrected chi connectivity index (χ1v) is 7.78. The largest absolute Gasteiger partial charge is 0.378 e. The first-order valence-electron chi connectivity index (χ1n) is 7.78. The third kappa shape index (κ3) is 3.52. The van der Waals surface area contributed by atoms with Crippen molar-refractivity contribution in [3.63, 3.8) is 0 Å². The van der Waals surface area contributed by atoms with Crippen LogP contribution in [0.5, 0.6) is 0 Å². The Morgan fingerprint density at radius 1 is 1.38 bits per heavy atom. The van der Waals surface area contributed by atoms with Gasteiger partial charge < -0.3 is 10.1 Å². The van der Waals surface area contributed by atoms with Gasteiger partial charge in [-0.1, -0.05) is 18.2 Å². The summed E-state index contributed by atoms with van der Waals surface area (Å²) in [6.45, 7) is 4.12. The summed E-state index contributed by atoms with van der Waals surface area (Å²) >= 11 is 0. The molecule has 1 saturated heterocycles. The van der Waals surface area contributed by atoms with Crippen molar-refractivity contribution in [1.82, 2.24) is 15.1 Å². The lowest BCUT2D eigenvalue weighted by Crippen LogP contribution is -2.24. The van der Waals surface area contributed by atoms with Gasteiger partial charge in [0.2, 0.25) is 0 Å². The molecule has 4 nitrogen and oxygen atoms in total. The van der Waals surface area contributed by atoms with Crippen LogP contribution in [0.4, 0.5) is 0 Å². The summed E-state index contributed by atoms with van der Waals surface area (Å²) in [6, 6.07) is 10.7. The number of nitrogens with one attached hydrogen (secondary N) is 1. The lowest BCUT2D eigenvalue weighted by Gasteiger charge is -2.19. The maximum Gasteiger partial charge on any atom is 0.0693 e. The van der Waals surface area contributed by atoms with E-state index in [9.17, 15) is 0 Å². The van der Waals surface area contributed by atoms with Crippen molar-refractivity contribution < 1.29 is 4.74 Å². The topological polar surface area (TPSA) is 39.1 Å². The van der Waals surface area contributed by atoms with E-state index < -0.39 is 0 Å². The number of nitrogens with zero attached hydrogens (tertiary/aromatic N) is 2. The van der Waals surface area contributed by atoms with Crippen LogP contribution in [0, 0.1) is 0 Å². The molecule has 0 bridgehead atoms. The number of ether oxygens (including phenoxy) is 1. The molecule has 4 heteroatoms. The third-order valence-corrected chi connectivity index (χ3v) is 4.10. The molecule has 0 spiro atoms. The molecular weight excluding hydrogens is 262 g/mol. The van der Waals surface area contributed by atoms with Crippen LogP contribution in [0.1, 0.15) is 37.8 Å². The van der Waals surface area contributed by atoms with Gasteiger partial charge in [-0.25, -0.2) is 4.68 Å². The fraction of sp³-hybridized carbons (Fsp3) is 0.471. The van der Waals surface area contributed by atoms with E-state index in [1.165, 1.54) is 18.4 Å². The van der Waals surface area contributed by atoms with Crippen molar-refractivity contribution in [1.29, 1.82) is 0 Å². The minimum atomic E-state index is 0.298. The molecule has 1 N–H and O–H groups in total. The van der Waals surface area contributed by atoms with E-state index in [0.717, 1.165) is 25.3 Å². The molecule has 0 amide bonds. The summed E-state index contributed by atoms with van der Waals surface area (Å²) < 4.78 is 7.59. The molecule has 0 aliphatic carbocycles. The second kappa shape index (κ2) is 6.87. The highest BCUT2D eigenvalue weighted by Gasteiger charge is 2.16. The van der Waals surface area contributed by atoms with Gasteiger partial charge in [0.15, 0.2) is 0 Å². The van der Waals surface area contributed by atoms with Crippen LogP contribution in [0.25, 0.3) is 5.69 Å². The summed E-state index contributed by atoms with van der Waals surface area (Å²) in [5.41, 5.74) is 2.41. The van der Waals surface area contributed by atoms with Crippen LogP contribution >= 0.6 is 0 Å². The van der Waals surface area contributed by atoms with Crippen molar-refractivity contribution in [2.24, 2.45) is 0 Å². The second-order valence-corrected chi connectivity index (χ2v) is 5.61. The Labute approximate surface area is 126 Å². The Balaban J connectivity index is 1.62. The molecule has 112 valence electrons. The van der Waals surface area contributed by atoms with Crippen molar-refractivity contribution >= 4 is 0 Å². The fourth-order valence-electron chi connectivity index (χ4n) is 2.92. The number of benzene rings is 1. The van der Waals surface area contributed by atoms with E-state index in [4.69, 9.17) is 4.74 Å². The molecule has 0 saturated carbocycles. The summed E-state index contributed by atoms with van der Waals surface area (Å²) in [5.74, 6) is 0. The lowest BCUT2D eigenvalue weighted by atomic mass is 10.1. The van der Waals surface area contributed by atoms with Gasteiger partial charge in [-0.05, 0) is 50.4 Å². The van der Waals surface area contributed by atoms with Gasteiger partial charge in [0, 0.05) is 25.0 Å². The smallest absolute Gasteiger partial charge is 0.0693 e. The van der Waals surface area contributed by atoms with Crippen LogP contribution < -0.4 is 5.32 Å². The highest BCUT2D eigenvalue weighted by Crippen LogP contribution is 2.21. The second-order valence-electron chi connectivity index (χ2n) is 5.61. The zero-order valence-electron chi connectivity index (χ0n) is 12.5. The summed E-state index contributed by atoms with van der Waals surface area (Å²) in [4.78, 5) is 0. The predicted molar refractivity (Wildman–Crippen MR) is 83.6 cm³/mol. The zero-order chi connectivity index (χ0) is 14.5. The number of rotatable bonds is 6. The average Bonchev–Trinajstić information content (AvgIpc) is 3.20. The quantitative estimate of drug-likeness (QED) is 0.886. The van der Waals surface area contributed by atoms with E-state index in [2.05, 4.69) is 41.6 Å². The van der Waals surface area contributed by atoms with Gasteiger partial charge in [-0.3, -0.25) is 0 Å². The molecule has 2 atom stereocenters. The number of para-hydroxylation sites is 1. The molecule has 0 unspecified atom stereocenters. The average molecular weight is 285 g/mol. The van der Waals surface area contributed by atoms with Gasteiger partial charge in [-0.15, -0.1) is 0 Å². The zero-order valence-corrected chi connectivity index (χ0v) is 12.5. The van der Waals surface area contributed by atoms with Crippen LogP contribution in [-0.4, -0.2) is 29.0 Å². The molecule has 1 aliphatic rings. The van der Waals surface area contributed by atoms with E-state index in [1.54, 1.807) is 0 Å². The van der Waals surface area contributed by atoms with E-state index in [-0.39, 0.29) is 0 Å². The highest BCUT2D eigenvalue weighted by molar-refractivity contribution is 5.42. The normalized spacial score (nSPS) is 19.8. The number of aromatic nitrogens is 2. The number of hydrogen-bond donors (Lipinski definition) is 1. The van der Waals surface area contributed by atoms with Crippen molar-refractivity contribution in [2.45, 2.75) is 38.3 Å². The summed E-state index contributed by atoms with van der Waals surface area (Å²) in [7, 11) is 0. The molecule has 1 aromatic heterocycles. The standard InChI is InChI=1S/C17H23N3O/c1-14(18-11-9-15-6-4-13-21-15)16-7-2-3-8-17(16)20-12-5-10-19-20/h2-3,5,7-8,10,12,14-15,18H,4,6,9,11,13H2,1H3/t14-,15+/m1/s1. The first kappa shape index (κ1) is 14.3. The highest BCUT2D eigenvalue weighted by atomic mass is 16.5. The van der Waals surface area contributed by atoms with Crippen LogP contribution in [0.2, 0.25) is 0 Å². The van der Waals surface area contributed by atoms with Crippen molar-refractivity contribution in [3.05, 3.63) is 48.3 Å². The fourth-order valence-corrected chi connectivity index (χ4v) is 2.92. The van der Waals surface area contributed by atoms with E-state index >= 15 is 0 Å². The third-order valence-electron chi connectivity index (χ3n) is 4.10. The Bertz CT molecular complexity index is 547. The van der Waals surface area contributed by atoms with Gasteiger partial charge >= 0.3 is 0 Å². The molecule has 2 heterocycles. The van der Waals surface area contributed by atoms with Crippen LogP contribution in [0.15, 0.2) is 42.7 Å². The van der Waals surface area contributed by atoms with Gasteiger partial charge in [0.25, 0.3) is 0 Å². The Morgan fingerprint density at radius 2 is 2.29 bits per heavy atom. The molecule has 1 fully saturated rings. The lowest BCUT2D eigenvalue weighted by molar-refractivity contribution is 0.103. The first-order chi connectivity index (χ1) is 10.3. The molecule has 1 aromatic carbocycles. The van der Waals surface area contributed by atoms with Crippen molar-refractivity contribution in [2.75, 3.05) is 13.2 Å². The predicted octanol–water partition coefficient (Wildman–Crippen LogP) is 3.09. The molecular formula is C17H23N3O. The Hall–Kier alpha value is -1.65. The van der Waals surface area contributed by atoms with Gasteiger partial charge in [0.05, 0.1) is 11.8 Å². The molecule has 2 aromatic rings. The SMILES string of the molecule is C[C@@H](NCC[C@@H]1CCCO1)c1ccccc1-n1cccn1.